The molecule has 1 aliphatic heterocycles. The summed E-state index contributed by atoms with van der Waals surface area (Å²) in [7, 11) is 3.74. The van der Waals surface area contributed by atoms with Crippen LogP contribution in [0, 0.1) is 0 Å². The molecule has 0 aromatic heterocycles. The van der Waals surface area contributed by atoms with Gasteiger partial charge >= 0.3 is 0 Å². The third-order valence-electron chi connectivity index (χ3n) is 3.57. The van der Waals surface area contributed by atoms with Gasteiger partial charge in [-0.2, -0.15) is 0 Å². The number of rotatable bonds is 7. The number of nitrogens with one attached hydrogen (secondary N) is 1. The minimum Gasteiger partial charge on any atom is -0.492 e. The lowest BCUT2D eigenvalue weighted by atomic mass is 10.2. The molecule has 0 amide bonds. The average molecular weight is 264 g/mol. The van der Waals surface area contributed by atoms with Crippen LogP contribution in [0.5, 0.6) is 5.75 Å². The van der Waals surface area contributed by atoms with Crippen molar-refractivity contribution in [2.24, 2.45) is 0 Å². The molecular weight excluding hydrogens is 240 g/mol. The van der Waals surface area contributed by atoms with E-state index < -0.39 is 0 Å². The normalized spacial score (nSPS) is 19.8. The highest BCUT2D eigenvalue weighted by molar-refractivity contribution is 5.33. The van der Waals surface area contributed by atoms with Gasteiger partial charge in [0.2, 0.25) is 0 Å². The fourth-order valence-electron chi connectivity index (χ4n) is 2.46. The number of likely N-dealkylation sites (tertiary alicyclic amines) is 1. The third-order valence-corrected chi connectivity index (χ3v) is 3.57. The molecule has 1 unspecified atom stereocenters. The summed E-state index contributed by atoms with van der Waals surface area (Å²) in [6, 6.07) is 8.20. The van der Waals surface area contributed by atoms with Gasteiger partial charge in [0.1, 0.15) is 12.4 Å². The SMILES string of the molecule is CNCc1ccccc1OCCN1CCC(OC)C1. The number of para-hydroxylation sites is 1. The fourth-order valence-corrected chi connectivity index (χ4v) is 2.46. The molecule has 1 N–H and O–H groups in total. The van der Waals surface area contributed by atoms with Gasteiger partial charge in [-0.05, 0) is 19.5 Å². The molecule has 4 heteroatoms. The Hall–Kier alpha value is -1.10. The molecule has 1 aliphatic rings. The Morgan fingerprint density at radius 2 is 2.21 bits per heavy atom. The van der Waals surface area contributed by atoms with Crippen molar-refractivity contribution in [2.45, 2.75) is 19.1 Å². The average Bonchev–Trinajstić information content (AvgIpc) is 2.89. The predicted octanol–water partition coefficient (Wildman–Crippen LogP) is 1.51. The van der Waals surface area contributed by atoms with Crippen molar-refractivity contribution in [2.75, 3.05) is 40.4 Å². The van der Waals surface area contributed by atoms with E-state index >= 15 is 0 Å². The summed E-state index contributed by atoms with van der Waals surface area (Å²) in [4.78, 5) is 2.40. The molecule has 0 saturated carbocycles. The molecular formula is C15H24N2O2. The molecule has 4 nitrogen and oxygen atoms in total. The molecule has 0 spiro atoms. The topological polar surface area (TPSA) is 33.7 Å². The lowest BCUT2D eigenvalue weighted by molar-refractivity contribution is 0.106. The van der Waals surface area contributed by atoms with E-state index in [2.05, 4.69) is 16.3 Å². The van der Waals surface area contributed by atoms with Crippen molar-refractivity contribution in [3.05, 3.63) is 29.8 Å². The predicted molar refractivity (Wildman–Crippen MR) is 76.6 cm³/mol. The highest BCUT2D eigenvalue weighted by atomic mass is 16.5. The van der Waals surface area contributed by atoms with Crippen LogP contribution in [0.25, 0.3) is 0 Å². The van der Waals surface area contributed by atoms with Gasteiger partial charge in [0.15, 0.2) is 0 Å². The van der Waals surface area contributed by atoms with E-state index in [1.807, 2.05) is 25.2 Å². The van der Waals surface area contributed by atoms with Crippen LogP contribution in [0.15, 0.2) is 24.3 Å². The Labute approximate surface area is 115 Å². The van der Waals surface area contributed by atoms with Crippen LogP contribution in [-0.4, -0.2) is 51.4 Å². The smallest absolute Gasteiger partial charge is 0.123 e. The zero-order valence-corrected chi connectivity index (χ0v) is 11.9. The number of methoxy groups -OCH3 is 1. The minimum atomic E-state index is 0.400. The highest BCUT2D eigenvalue weighted by Crippen LogP contribution is 2.18. The van der Waals surface area contributed by atoms with Crippen molar-refractivity contribution in [3.63, 3.8) is 0 Å². The van der Waals surface area contributed by atoms with Crippen molar-refractivity contribution in [1.29, 1.82) is 0 Å². The van der Waals surface area contributed by atoms with Crippen molar-refractivity contribution in [1.82, 2.24) is 10.2 Å². The summed E-state index contributed by atoms with van der Waals surface area (Å²) in [6.45, 7) is 4.68. The lowest BCUT2D eigenvalue weighted by Crippen LogP contribution is -2.27. The van der Waals surface area contributed by atoms with Crippen LogP contribution in [0.4, 0.5) is 0 Å². The molecule has 0 aliphatic carbocycles. The van der Waals surface area contributed by atoms with E-state index in [1.165, 1.54) is 5.56 Å². The van der Waals surface area contributed by atoms with E-state index in [0.717, 1.165) is 45.0 Å². The summed E-state index contributed by atoms with van der Waals surface area (Å²) in [5.74, 6) is 0.985. The Morgan fingerprint density at radius 3 is 2.95 bits per heavy atom. The van der Waals surface area contributed by atoms with Gasteiger partial charge in [0.05, 0.1) is 6.10 Å². The van der Waals surface area contributed by atoms with E-state index in [4.69, 9.17) is 9.47 Å². The maximum atomic E-state index is 5.90. The van der Waals surface area contributed by atoms with Crippen molar-refractivity contribution in [3.8, 4) is 5.75 Å². The maximum absolute atomic E-state index is 5.90. The molecule has 19 heavy (non-hydrogen) atoms. The van der Waals surface area contributed by atoms with Crippen LogP contribution in [0.2, 0.25) is 0 Å². The van der Waals surface area contributed by atoms with Crippen LogP contribution < -0.4 is 10.1 Å². The number of ether oxygens (including phenoxy) is 2. The molecule has 0 radical (unpaired) electrons. The second-order valence-corrected chi connectivity index (χ2v) is 4.93. The van der Waals surface area contributed by atoms with Gasteiger partial charge in [-0.15, -0.1) is 0 Å². The Bertz CT molecular complexity index is 384. The summed E-state index contributed by atoms with van der Waals surface area (Å²) in [5, 5.41) is 3.16. The van der Waals surface area contributed by atoms with E-state index in [1.54, 1.807) is 7.11 Å². The van der Waals surface area contributed by atoms with Crippen molar-refractivity contribution >= 4 is 0 Å². The van der Waals surface area contributed by atoms with Gasteiger partial charge < -0.3 is 14.8 Å². The quantitative estimate of drug-likeness (QED) is 0.809. The first-order valence-electron chi connectivity index (χ1n) is 6.94. The summed E-state index contributed by atoms with van der Waals surface area (Å²) >= 11 is 0. The first-order valence-corrected chi connectivity index (χ1v) is 6.94. The second-order valence-electron chi connectivity index (χ2n) is 4.93. The molecule has 1 heterocycles. The van der Waals surface area contributed by atoms with Gasteiger partial charge in [-0.3, -0.25) is 4.90 Å². The molecule has 1 aromatic rings. The van der Waals surface area contributed by atoms with Gasteiger partial charge in [-0.1, -0.05) is 18.2 Å². The Balaban J connectivity index is 1.76. The van der Waals surface area contributed by atoms with E-state index in [9.17, 15) is 0 Å². The summed E-state index contributed by atoms with van der Waals surface area (Å²) < 4.78 is 11.3. The van der Waals surface area contributed by atoms with E-state index in [-0.39, 0.29) is 0 Å². The van der Waals surface area contributed by atoms with Gasteiger partial charge in [0.25, 0.3) is 0 Å². The van der Waals surface area contributed by atoms with Crippen LogP contribution >= 0.6 is 0 Å². The first kappa shape index (κ1) is 14.3. The molecule has 0 bridgehead atoms. The number of benzene rings is 1. The third kappa shape index (κ3) is 4.20. The summed E-state index contributed by atoms with van der Waals surface area (Å²) in [6.07, 6.45) is 1.53. The largest absolute Gasteiger partial charge is 0.492 e. The maximum Gasteiger partial charge on any atom is 0.123 e. The highest BCUT2D eigenvalue weighted by Gasteiger charge is 2.21. The lowest BCUT2D eigenvalue weighted by Gasteiger charge is -2.17. The van der Waals surface area contributed by atoms with Crippen molar-refractivity contribution < 1.29 is 9.47 Å². The molecule has 106 valence electrons. The summed E-state index contributed by atoms with van der Waals surface area (Å²) in [5.41, 5.74) is 1.21. The second kappa shape index (κ2) is 7.48. The monoisotopic (exact) mass is 264 g/mol. The molecule has 1 aromatic carbocycles. The first-order chi connectivity index (χ1) is 9.33. The zero-order valence-electron chi connectivity index (χ0n) is 11.9. The zero-order chi connectivity index (χ0) is 13.5. The Kier molecular flexibility index (Phi) is 5.63. The molecule has 1 atom stereocenters. The standard InChI is InChI=1S/C15H24N2O2/c1-16-11-13-5-3-4-6-15(13)19-10-9-17-8-7-14(12-17)18-2/h3-6,14,16H,7-12H2,1-2H3. The Morgan fingerprint density at radius 1 is 1.37 bits per heavy atom. The van der Waals surface area contributed by atoms with Crippen LogP contribution in [0.1, 0.15) is 12.0 Å². The van der Waals surface area contributed by atoms with Crippen LogP contribution in [-0.2, 0) is 11.3 Å². The molecule has 1 fully saturated rings. The van der Waals surface area contributed by atoms with Gasteiger partial charge in [-0.25, -0.2) is 0 Å². The minimum absolute atomic E-state index is 0.400. The number of nitrogens with zero attached hydrogens (tertiary/aromatic N) is 1. The number of hydrogen-bond donors (Lipinski definition) is 1. The molecule has 2 rings (SSSR count). The van der Waals surface area contributed by atoms with Gasteiger partial charge in [0, 0.05) is 38.9 Å². The fraction of sp³-hybridized carbons (Fsp3) is 0.600. The van der Waals surface area contributed by atoms with E-state index in [0.29, 0.717) is 6.10 Å². The number of hydrogen-bond acceptors (Lipinski definition) is 4. The van der Waals surface area contributed by atoms with Crippen LogP contribution in [0.3, 0.4) is 0 Å². The molecule has 1 saturated heterocycles.